The molecule has 4 aromatic rings. The van der Waals surface area contributed by atoms with Gasteiger partial charge in [-0.2, -0.15) is 9.13 Å². The molecule has 0 saturated heterocycles. The number of aromatic amines is 1. The van der Waals surface area contributed by atoms with Crippen molar-refractivity contribution in [2.45, 2.75) is 13.5 Å². The van der Waals surface area contributed by atoms with Crippen LogP contribution in [-0.2, 0) is 13.6 Å². The van der Waals surface area contributed by atoms with E-state index in [0.717, 1.165) is 15.7 Å². The van der Waals surface area contributed by atoms with Crippen LogP contribution in [0.2, 0.25) is 0 Å². The number of H-pyrrole nitrogens is 1. The Morgan fingerprint density at radius 2 is 1.74 bits per heavy atom. The normalized spacial score (nSPS) is 10.6. The first-order chi connectivity index (χ1) is 16.3. The van der Waals surface area contributed by atoms with Gasteiger partial charge < -0.3 is 9.84 Å². The van der Waals surface area contributed by atoms with Gasteiger partial charge in [-0.25, -0.2) is 19.4 Å². The fourth-order valence-corrected chi connectivity index (χ4v) is 3.31. The van der Waals surface area contributed by atoms with E-state index in [1.165, 1.54) is 23.7 Å². The maximum absolute atomic E-state index is 12.8. The van der Waals surface area contributed by atoms with Gasteiger partial charge in [0.15, 0.2) is 0 Å². The molecule has 0 unspecified atom stereocenters. The summed E-state index contributed by atoms with van der Waals surface area (Å²) in [5, 5.41) is 12.2. The number of carboxylic acid groups (broad SMARTS) is 1. The Bertz CT molecular complexity index is 1450. The number of hydrogen-bond donors (Lipinski definition) is 3. The largest absolute Gasteiger partial charge is 0.478 e. The highest BCUT2D eigenvalue weighted by atomic mass is 16.5. The minimum atomic E-state index is -1.04. The molecule has 0 aliphatic rings. The zero-order chi connectivity index (χ0) is 24.2. The average Bonchev–Trinajstić information content (AvgIpc) is 2.83. The van der Waals surface area contributed by atoms with Crippen LogP contribution in [0.4, 0.5) is 11.6 Å². The Morgan fingerprint density at radius 1 is 1.03 bits per heavy atom. The summed E-state index contributed by atoms with van der Waals surface area (Å²) in [5.74, 6) is 0.106. The molecule has 1 aromatic heterocycles. The van der Waals surface area contributed by atoms with Gasteiger partial charge in [-0.3, -0.25) is 5.32 Å². The molecule has 3 aromatic carbocycles. The first-order valence-corrected chi connectivity index (χ1v) is 10.5. The lowest BCUT2D eigenvalue weighted by Gasteiger charge is -2.10. The molecule has 0 bridgehead atoms. The Balaban J connectivity index is 1.58. The highest BCUT2D eigenvalue weighted by molar-refractivity contribution is 5.88. The Hall–Kier alpha value is -4.66. The topological polar surface area (TPSA) is 117 Å². The molecule has 0 atom stereocenters. The van der Waals surface area contributed by atoms with E-state index < -0.39 is 17.3 Å². The molecule has 0 fully saturated rings. The molecule has 0 aliphatic carbocycles. The number of rotatable bonds is 7. The Labute approximate surface area is 194 Å². The number of nitrogens with one attached hydrogen (secondary N) is 2. The molecule has 0 radical (unpaired) electrons. The second kappa shape index (κ2) is 9.45. The summed E-state index contributed by atoms with van der Waals surface area (Å²) in [6.45, 7) is 2.26. The zero-order valence-corrected chi connectivity index (χ0v) is 18.6. The van der Waals surface area contributed by atoms with Gasteiger partial charge >= 0.3 is 23.3 Å². The summed E-state index contributed by atoms with van der Waals surface area (Å²) in [6.07, 6.45) is 0. The summed E-state index contributed by atoms with van der Waals surface area (Å²) in [5.41, 5.74) is 1.78. The van der Waals surface area contributed by atoms with Gasteiger partial charge in [0.25, 0.3) is 0 Å². The van der Waals surface area contributed by atoms with Crippen LogP contribution in [-0.4, -0.2) is 20.6 Å². The Morgan fingerprint density at radius 3 is 2.41 bits per heavy atom. The quantitative estimate of drug-likeness (QED) is 0.366. The van der Waals surface area contributed by atoms with E-state index in [4.69, 9.17) is 9.84 Å². The predicted octanol–water partition coefficient (Wildman–Crippen LogP) is 2.95. The summed E-state index contributed by atoms with van der Waals surface area (Å²) < 4.78 is 8.20. The number of carboxylic acids is 1. The van der Waals surface area contributed by atoms with Crippen LogP contribution in [0.3, 0.4) is 0 Å². The van der Waals surface area contributed by atoms with Gasteiger partial charge in [-0.1, -0.05) is 35.9 Å². The minimum absolute atomic E-state index is 0.128. The van der Waals surface area contributed by atoms with E-state index in [2.05, 4.69) is 10.3 Å². The van der Waals surface area contributed by atoms with Gasteiger partial charge in [0.1, 0.15) is 11.5 Å². The van der Waals surface area contributed by atoms with E-state index in [0.29, 0.717) is 17.2 Å². The molecule has 0 aliphatic heterocycles. The molecule has 0 amide bonds. The number of aromatic carboxylic acids is 1. The van der Waals surface area contributed by atoms with Gasteiger partial charge in [0.2, 0.25) is 0 Å². The van der Waals surface area contributed by atoms with Crippen LogP contribution < -0.4 is 26.0 Å². The van der Waals surface area contributed by atoms with Crippen LogP contribution >= 0.6 is 0 Å². The van der Waals surface area contributed by atoms with Crippen molar-refractivity contribution < 1.29 is 19.2 Å². The first-order valence-electron chi connectivity index (χ1n) is 10.5. The predicted molar refractivity (Wildman–Crippen MR) is 126 cm³/mol. The molecule has 9 nitrogen and oxygen atoms in total. The first kappa shape index (κ1) is 22.5. The number of ether oxygens (including phenoxy) is 1. The van der Waals surface area contributed by atoms with Gasteiger partial charge in [0.05, 0.1) is 24.8 Å². The van der Waals surface area contributed by atoms with E-state index in [1.54, 1.807) is 36.4 Å². The lowest BCUT2D eigenvalue weighted by atomic mass is 10.1. The lowest BCUT2D eigenvalue weighted by Crippen LogP contribution is -2.59. The van der Waals surface area contributed by atoms with Crippen molar-refractivity contribution in [2.75, 3.05) is 5.32 Å². The van der Waals surface area contributed by atoms with Crippen molar-refractivity contribution in [3.63, 3.8) is 0 Å². The third-order valence-corrected chi connectivity index (χ3v) is 5.21. The zero-order valence-electron chi connectivity index (χ0n) is 18.6. The summed E-state index contributed by atoms with van der Waals surface area (Å²) in [6, 6.07) is 20.8. The third-order valence-electron chi connectivity index (χ3n) is 5.21. The van der Waals surface area contributed by atoms with Crippen LogP contribution in [0.5, 0.6) is 11.5 Å². The van der Waals surface area contributed by atoms with Crippen molar-refractivity contribution in [3.8, 4) is 11.5 Å². The fourth-order valence-electron chi connectivity index (χ4n) is 3.31. The number of nitrogens with zero attached hydrogens (tertiary/aromatic N) is 2. The molecule has 0 saturated carbocycles. The molecule has 0 spiro atoms. The fraction of sp³-hybridized carbons (Fsp3) is 0.120. The lowest BCUT2D eigenvalue weighted by molar-refractivity contribution is -0.696. The highest BCUT2D eigenvalue weighted by Crippen LogP contribution is 2.24. The number of hydrogen-bond acceptors (Lipinski definition) is 5. The van der Waals surface area contributed by atoms with Crippen molar-refractivity contribution in [2.24, 2.45) is 7.05 Å². The second-order valence-electron chi connectivity index (χ2n) is 7.78. The summed E-state index contributed by atoms with van der Waals surface area (Å²) in [4.78, 5) is 38.9. The van der Waals surface area contributed by atoms with Crippen molar-refractivity contribution in [1.29, 1.82) is 0 Å². The molecule has 3 N–H and O–H groups in total. The highest BCUT2D eigenvalue weighted by Gasteiger charge is 2.18. The smallest absolute Gasteiger partial charge is 0.421 e. The maximum Gasteiger partial charge on any atom is 0.421 e. The molecular formula is C25H23N4O5+. The monoisotopic (exact) mass is 459 g/mol. The van der Waals surface area contributed by atoms with E-state index in [-0.39, 0.29) is 18.1 Å². The molecule has 1 heterocycles. The SMILES string of the molecule is Cc1ccc(C[n+]2c(Nc3ccc(Oc4cccc(C(=O)O)c4)cc3)[nH]c(=O)n(C)c2=O)cc1. The number of benzene rings is 3. The minimum Gasteiger partial charge on any atom is -0.478 e. The van der Waals surface area contributed by atoms with Crippen molar-refractivity contribution in [3.05, 3.63) is 110 Å². The molecule has 34 heavy (non-hydrogen) atoms. The summed E-state index contributed by atoms with van der Waals surface area (Å²) in [7, 11) is 1.42. The van der Waals surface area contributed by atoms with Crippen LogP contribution in [0.1, 0.15) is 21.5 Å². The van der Waals surface area contributed by atoms with Gasteiger partial charge in [-0.05, 0) is 55.0 Å². The third kappa shape index (κ3) is 5.04. The maximum atomic E-state index is 12.8. The van der Waals surface area contributed by atoms with E-state index >= 15 is 0 Å². The van der Waals surface area contributed by atoms with Crippen LogP contribution in [0, 0.1) is 6.92 Å². The number of aromatic nitrogens is 3. The molecular weight excluding hydrogens is 436 g/mol. The number of anilines is 2. The summed E-state index contributed by atoms with van der Waals surface area (Å²) >= 11 is 0. The van der Waals surface area contributed by atoms with E-state index in [9.17, 15) is 14.4 Å². The Kier molecular flexibility index (Phi) is 6.26. The van der Waals surface area contributed by atoms with Crippen LogP contribution in [0.15, 0.2) is 82.4 Å². The molecule has 4 rings (SSSR count). The second-order valence-corrected chi connectivity index (χ2v) is 7.78. The molecule has 172 valence electrons. The van der Waals surface area contributed by atoms with Gasteiger partial charge in [-0.15, -0.1) is 0 Å². The average molecular weight is 459 g/mol. The van der Waals surface area contributed by atoms with Crippen molar-refractivity contribution in [1.82, 2.24) is 9.55 Å². The number of carbonyl (C=O) groups is 1. The van der Waals surface area contributed by atoms with Gasteiger partial charge in [0, 0.05) is 0 Å². The number of aryl methyl sites for hydroxylation is 1. The standard InChI is InChI=1S/C25H22N4O5/c1-16-6-8-17(9-7-16)15-29-23(27-24(32)28(2)25(29)33)26-19-10-12-20(13-11-19)34-21-5-3-4-18(14-21)22(30)31/h3-14H,15H2,1-2H3,(H2,26,27,30,31,32)/p+1. The van der Waals surface area contributed by atoms with E-state index in [1.807, 2.05) is 31.2 Å². The molecule has 9 heteroatoms. The van der Waals surface area contributed by atoms with Crippen molar-refractivity contribution >= 4 is 17.6 Å². The van der Waals surface area contributed by atoms with Crippen LogP contribution in [0.25, 0.3) is 0 Å².